The van der Waals surface area contributed by atoms with Gasteiger partial charge in [-0.2, -0.15) is 4.98 Å². The van der Waals surface area contributed by atoms with Crippen LogP contribution < -0.4 is 0 Å². The fourth-order valence-corrected chi connectivity index (χ4v) is 3.31. The van der Waals surface area contributed by atoms with Crippen LogP contribution in [0.5, 0.6) is 0 Å². The van der Waals surface area contributed by atoms with E-state index in [4.69, 9.17) is 8.94 Å². The van der Waals surface area contributed by atoms with E-state index in [1.54, 1.807) is 35.2 Å². The highest BCUT2D eigenvalue weighted by Gasteiger charge is 2.27. The van der Waals surface area contributed by atoms with Crippen LogP contribution in [0.2, 0.25) is 0 Å². The number of carbonyl (C=O) groups excluding carboxylic acids is 1. The molecule has 0 aliphatic carbocycles. The van der Waals surface area contributed by atoms with Crippen molar-refractivity contribution in [3.8, 4) is 11.4 Å². The Bertz CT molecular complexity index is 891. The van der Waals surface area contributed by atoms with Crippen molar-refractivity contribution in [2.24, 2.45) is 5.92 Å². The summed E-state index contributed by atoms with van der Waals surface area (Å²) in [6, 6.07) is 9.71. The number of halogens is 1. The first kappa shape index (κ1) is 16.5. The average molecular weight is 355 g/mol. The van der Waals surface area contributed by atoms with Crippen LogP contribution in [-0.4, -0.2) is 34.0 Å². The third-order valence-electron chi connectivity index (χ3n) is 4.58. The fourth-order valence-electron chi connectivity index (χ4n) is 3.31. The lowest BCUT2D eigenvalue weighted by Gasteiger charge is -2.31. The first-order valence-corrected chi connectivity index (χ1v) is 8.61. The summed E-state index contributed by atoms with van der Waals surface area (Å²) in [4.78, 5) is 18.5. The van der Waals surface area contributed by atoms with E-state index in [2.05, 4.69) is 10.1 Å². The largest absolute Gasteiger partial charge is 0.459 e. The molecule has 1 fully saturated rings. The van der Waals surface area contributed by atoms with E-state index >= 15 is 0 Å². The van der Waals surface area contributed by atoms with Crippen molar-refractivity contribution >= 4 is 5.91 Å². The number of rotatable bonds is 4. The van der Waals surface area contributed by atoms with Crippen molar-refractivity contribution in [1.29, 1.82) is 0 Å². The number of carbonyl (C=O) groups is 1. The van der Waals surface area contributed by atoms with Crippen molar-refractivity contribution in [3.05, 3.63) is 60.1 Å². The summed E-state index contributed by atoms with van der Waals surface area (Å²) in [5, 5.41) is 3.89. The average Bonchev–Trinajstić information content (AvgIpc) is 3.34. The molecule has 3 aromatic rings. The summed E-state index contributed by atoms with van der Waals surface area (Å²) in [5.74, 6) is 0.796. The van der Waals surface area contributed by atoms with Gasteiger partial charge in [-0.1, -0.05) is 17.3 Å². The Morgan fingerprint density at radius 2 is 2.15 bits per heavy atom. The van der Waals surface area contributed by atoms with Crippen molar-refractivity contribution in [2.75, 3.05) is 13.1 Å². The summed E-state index contributed by atoms with van der Waals surface area (Å²) in [6.07, 6.45) is 3.94. The second-order valence-corrected chi connectivity index (χ2v) is 6.43. The van der Waals surface area contributed by atoms with Crippen LogP contribution in [0.1, 0.15) is 29.3 Å². The zero-order chi connectivity index (χ0) is 17.9. The van der Waals surface area contributed by atoms with Gasteiger partial charge in [-0.15, -0.1) is 0 Å². The Labute approximate surface area is 149 Å². The maximum absolute atomic E-state index is 13.8. The maximum Gasteiger partial charge on any atom is 0.289 e. The molecule has 1 amide bonds. The molecule has 0 N–H and O–H groups in total. The van der Waals surface area contributed by atoms with Crippen molar-refractivity contribution in [1.82, 2.24) is 15.0 Å². The monoisotopic (exact) mass is 355 g/mol. The number of aromatic nitrogens is 2. The van der Waals surface area contributed by atoms with E-state index in [0.717, 1.165) is 12.8 Å². The molecule has 4 rings (SSSR count). The minimum absolute atomic E-state index is 0.0997. The zero-order valence-electron chi connectivity index (χ0n) is 14.1. The smallest absolute Gasteiger partial charge is 0.289 e. The van der Waals surface area contributed by atoms with Gasteiger partial charge in [0.05, 0.1) is 11.8 Å². The molecule has 0 spiro atoms. The molecule has 0 radical (unpaired) electrons. The van der Waals surface area contributed by atoms with Crippen molar-refractivity contribution < 1.29 is 18.1 Å². The quantitative estimate of drug-likeness (QED) is 0.715. The topological polar surface area (TPSA) is 72.4 Å². The van der Waals surface area contributed by atoms with Crippen LogP contribution in [-0.2, 0) is 6.42 Å². The molecule has 1 aromatic carbocycles. The van der Waals surface area contributed by atoms with Crippen LogP contribution in [0, 0.1) is 11.7 Å². The maximum atomic E-state index is 13.8. The van der Waals surface area contributed by atoms with E-state index in [-0.39, 0.29) is 23.5 Å². The third-order valence-corrected chi connectivity index (χ3v) is 4.58. The highest BCUT2D eigenvalue weighted by Crippen LogP contribution is 2.24. The Hall–Kier alpha value is -2.96. The lowest BCUT2D eigenvalue weighted by Crippen LogP contribution is -2.40. The predicted octanol–water partition coefficient (Wildman–Crippen LogP) is 3.56. The van der Waals surface area contributed by atoms with Crippen molar-refractivity contribution in [3.63, 3.8) is 0 Å². The minimum Gasteiger partial charge on any atom is -0.459 e. The molecule has 0 unspecified atom stereocenters. The Balaban J connectivity index is 1.43. The SMILES string of the molecule is O=C(c1ccco1)N1CCC[C@H](Cc2nc(-c3ccccc3F)no2)C1. The number of piperidine rings is 1. The highest BCUT2D eigenvalue weighted by atomic mass is 19.1. The minimum atomic E-state index is -0.382. The standard InChI is InChI=1S/C19H18FN3O3/c20-15-7-2-1-6-14(15)18-21-17(26-22-18)11-13-5-3-9-23(12-13)19(24)16-8-4-10-25-16/h1-2,4,6-8,10,13H,3,5,9,11-12H2/t13-/m1/s1. The van der Waals surface area contributed by atoms with Crippen LogP contribution in [0.25, 0.3) is 11.4 Å². The number of nitrogens with zero attached hydrogens (tertiary/aromatic N) is 3. The van der Waals surface area contributed by atoms with Gasteiger partial charge in [-0.3, -0.25) is 4.79 Å². The number of furan rings is 1. The molecule has 2 aromatic heterocycles. The van der Waals surface area contributed by atoms with E-state index in [1.807, 2.05) is 0 Å². The highest BCUT2D eigenvalue weighted by molar-refractivity contribution is 5.91. The van der Waals surface area contributed by atoms with E-state index in [1.165, 1.54) is 12.3 Å². The second kappa shape index (κ2) is 7.11. The van der Waals surface area contributed by atoms with Crippen molar-refractivity contribution in [2.45, 2.75) is 19.3 Å². The van der Waals surface area contributed by atoms with E-state index in [9.17, 15) is 9.18 Å². The summed E-state index contributed by atoms with van der Waals surface area (Å²) in [6.45, 7) is 1.32. The molecule has 1 atom stereocenters. The lowest BCUT2D eigenvalue weighted by atomic mass is 9.94. The molecular weight excluding hydrogens is 337 g/mol. The van der Waals surface area contributed by atoms with Gasteiger partial charge in [-0.25, -0.2) is 4.39 Å². The Morgan fingerprint density at radius 3 is 2.96 bits per heavy atom. The fraction of sp³-hybridized carbons (Fsp3) is 0.316. The summed E-state index contributed by atoms with van der Waals surface area (Å²) >= 11 is 0. The van der Waals surface area contributed by atoms with Gasteiger partial charge in [0.1, 0.15) is 5.82 Å². The number of hydrogen-bond donors (Lipinski definition) is 0. The molecular formula is C19H18FN3O3. The van der Waals surface area contributed by atoms with E-state index in [0.29, 0.717) is 36.7 Å². The zero-order valence-corrected chi connectivity index (χ0v) is 14.1. The molecule has 7 heteroatoms. The molecule has 26 heavy (non-hydrogen) atoms. The van der Waals surface area contributed by atoms with Gasteiger partial charge in [-0.05, 0) is 43.0 Å². The molecule has 1 saturated heterocycles. The predicted molar refractivity (Wildman–Crippen MR) is 90.7 cm³/mol. The molecule has 1 aliphatic rings. The van der Waals surface area contributed by atoms with Gasteiger partial charge in [0.2, 0.25) is 11.7 Å². The van der Waals surface area contributed by atoms with Gasteiger partial charge < -0.3 is 13.8 Å². The molecule has 0 saturated carbocycles. The second-order valence-electron chi connectivity index (χ2n) is 6.43. The van der Waals surface area contributed by atoms with Crippen LogP contribution in [0.15, 0.2) is 51.6 Å². The Morgan fingerprint density at radius 1 is 1.27 bits per heavy atom. The summed E-state index contributed by atoms with van der Waals surface area (Å²) in [5.41, 5.74) is 0.320. The Kier molecular flexibility index (Phi) is 4.51. The van der Waals surface area contributed by atoms with Gasteiger partial charge in [0.15, 0.2) is 5.76 Å². The first-order chi connectivity index (χ1) is 12.7. The van der Waals surface area contributed by atoms with Crippen LogP contribution >= 0.6 is 0 Å². The van der Waals surface area contributed by atoms with Crippen LogP contribution in [0.4, 0.5) is 4.39 Å². The van der Waals surface area contributed by atoms with Gasteiger partial charge in [0, 0.05) is 19.5 Å². The number of benzene rings is 1. The normalized spacial score (nSPS) is 17.4. The van der Waals surface area contributed by atoms with Crippen LogP contribution in [0.3, 0.4) is 0 Å². The number of likely N-dealkylation sites (tertiary alicyclic amines) is 1. The molecule has 0 bridgehead atoms. The molecule has 134 valence electrons. The molecule has 3 heterocycles. The molecule has 1 aliphatic heterocycles. The van der Waals surface area contributed by atoms with E-state index < -0.39 is 0 Å². The number of hydrogen-bond acceptors (Lipinski definition) is 5. The number of amides is 1. The summed E-state index contributed by atoms with van der Waals surface area (Å²) in [7, 11) is 0. The summed E-state index contributed by atoms with van der Waals surface area (Å²) < 4.78 is 24.3. The molecule has 6 nitrogen and oxygen atoms in total. The lowest BCUT2D eigenvalue weighted by molar-refractivity contribution is 0.0636. The first-order valence-electron chi connectivity index (χ1n) is 8.61. The van der Waals surface area contributed by atoms with Gasteiger partial charge in [0.25, 0.3) is 5.91 Å². The third kappa shape index (κ3) is 3.37. The van der Waals surface area contributed by atoms with Gasteiger partial charge >= 0.3 is 0 Å².